The van der Waals surface area contributed by atoms with Crippen molar-refractivity contribution >= 4 is 10.1 Å². The summed E-state index contributed by atoms with van der Waals surface area (Å²) in [6, 6.07) is -0.744. The summed E-state index contributed by atoms with van der Waals surface area (Å²) in [5.74, 6) is -0.779. The van der Waals surface area contributed by atoms with Crippen molar-refractivity contribution < 1.29 is 23.2 Å². The van der Waals surface area contributed by atoms with Gasteiger partial charge < -0.3 is 15.5 Å². The average Bonchev–Trinajstić information content (AvgIpc) is 1.85. The van der Waals surface area contributed by atoms with Crippen molar-refractivity contribution in [1.82, 2.24) is 5.32 Å². The van der Waals surface area contributed by atoms with Crippen LogP contribution >= 0.6 is 0 Å². The van der Waals surface area contributed by atoms with E-state index < -0.39 is 34.6 Å². The molecule has 2 atom stereocenters. The van der Waals surface area contributed by atoms with E-state index in [0.29, 0.717) is 0 Å². The lowest BCUT2D eigenvalue weighted by molar-refractivity contribution is 0.109. The third kappa shape index (κ3) is 4.62. The van der Waals surface area contributed by atoms with E-state index in [1.807, 2.05) is 0 Å². The highest BCUT2D eigenvalue weighted by Crippen LogP contribution is 1.96. The quantitative estimate of drug-likeness (QED) is 0.375. The first-order chi connectivity index (χ1) is 5.40. The van der Waals surface area contributed by atoms with Crippen LogP contribution in [-0.4, -0.2) is 54.7 Å². The highest BCUT2D eigenvalue weighted by atomic mass is 32.2. The maximum absolute atomic E-state index is 10.3. The molecule has 0 aromatic heterocycles. The fraction of sp³-hybridized carbons (Fsp3) is 1.00. The number of aliphatic hydroxyl groups is 2. The van der Waals surface area contributed by atoms with Crippen molar-refractivity contribution in [2.24, 2.45) is 0 Å². The van der Waals surface area contributed by atoms with Gasteiger partial charge in [0, 0.05) is 0 Å². The Hall–Kier alpha value is -0.210. The normalized spacial score (nSPS) is 17.3. The minimum atomic E-state index is -4.19. The van der Waals surface area contributed by atoms with Gasteiger partial charge in [-0.15, -0.1) is 0 Å². The van der Waals surface area contributed by atoms with Gasteiger partial charge in [-0.25, -0.2) is 0 Å². The number of hydrogen-bond acceptors (Lipinski definition) is 5. The molecule has 7 heteroatoms. The molecule has 0 aliphatic carbocycles. The third-order valence-corrected chi connectivity index (χ3v) is 2.18. The van der Waals surface area contributed by atoms with E-state index in [1.54, 1.807) is 0 Å². The van der Waals surface area contributed by atoms with Crippen LogP contribution in [0.1, 0.15) is 0 Å². The van der Waals surface area contributed by atoms with Crippen molar-refractivity contribution in [1.29, 1.82) is 0 Å². The van der Waals surface area contributed by atoms with Crippen LogP contribution in [0.2, 0.25) is 0 Å². The zero-order valence-electron chi connectivity index (χ0n) is 6.64. The number of nitrogens with one attached hydrogen (secondary N) is 1. The van der Waals surface area contributed by atoms with Gasteiger partial charge in [0.15, 0.2) is 0 Å². The second-order valence-electron chi connectivity index (χ2n) is 2.39. The van der Waals surface area contributed by atoms with Crippen LogP contribution < -0.4 is 5.32 Å². The van der Waals surface area contributed by atoms with Crippen LogP contribution in [0.4, 0.5) is 0 Å². The minimum Gasteiger partial charge on any atom is -0.395 e. The standard InChI is InChI=1S/C5H13NO5S/c1-6-4(2-7)5(8)3-12(9,10)11/h4-8H,2-3H2,1H3,(H,9,10,11). The predicted octanol–water partition coefficient (Wildman–Crippen LogP) is -2.18. The maximum Gasteiger partial charge on any atom is 0.267 e. The molecule has 0 aromatic carbocycles. The van der Waals surface area contributed by atoms with Gasteiger partial charge in [0.2, 0.25) is 0 Å². The van der Waals surface area contributed by atoms with Crippen molar-refractivity contribution in [3.8, 4) is 0 Å². The monoisotopic (exact) mass is 199 g/mol. The Bertz CT molecular complexity index is 210. The van der Waals surface area contributed by atoms with E-state index in [0.717, 1.165) is 0 Å². The van der Waals surface area contributed by atoms with Crippen LogP contribution in [0.5, 0.6) is 0 Å². The summed E-state index contributed by atoms with van der Waals surface area (Å²) in [5, 5.41) is 20.2. The molecule has 0 aliphatic rings. The van der Waals surface area contributed by atoms with Gasteiger partial charge >= 0.3 is 0 Å². The molecule has 0 radical (unpaired) electrons. The maximum atomic E-state index is 10.3. The molecule has 6 nitrogen and oxygen atoms in total. The minimum absolute atomic E-state index is 0.396. The zero-order chi connectivity index (χ0) is 9.78. The van der Waals surface area contributed by atoms with Crippen molar-refractivity contribution in [2.45, 2.75) is 12.1 Å². The molecule has 74 valence electrons. The third-order valence-electron chi connectivity index (χ3n) is 1.41. The Kier molecular flexibility index (Phi) is 4.64. The fourth-order valence-electron chi connectivity index (χ4n) is 0.737. The molecule has 0 bridgehead atoms. The van der Waals surface area contributed by atoms with Crippen molar-refractivity contribution in [3.63, 3.8) is 0 Å². The summed E-state index contributed by atoms with van der Waals surface area (Å²) < 4.78 is 28.9. The first-order valence-electron chi connectivity index (χ1n) is 3.32. The number of likely N-dealkylation sites (N-methyl/N-ethyl adjacent to an activating group) is 1. The fourth-order valence-corrected chi connectivity index (χ4v) is 1.40. The average molecular weight is 199 g/mol. The van der Waals surface area contributed by atoms with E-state index in [1.165, 1.54) is 7.05 Å². The van der Waals surface area contributed by atoms with Gasteiger partial charge in [-0.2, -0.15) is 8.42 Å². The first kappa shape index (κ1) is 11.8. The summed E-state index contributed by atoms with van der Waals surface area (Å²) in [6.45, 7) is -0.396. The van der Waals surface area contributed by atoms with Gasteiger partial charge in [-0.1, -0.05) is 0 Å². The predicted molar refractivity (Wildman–Crippen MR) is 42.4 cm³/mol. The topological polar surface area (TPSA) is 107 Å². The van der Waals surface area contributed by atoms with Crippen LogP contribution in [0.15, 0.2) is 0 Å². The van der Waals surface area contributed by atoms with Crippen molar-refractivity contribution in [2.75, 3.05) is 19.4 Å². The molecule has 0 fully saturated rings. The molecule has 0 saturated carbocycles. The number of hydrogen-bond donors (Lipinski definition) is 4. The van der Waals surface area contributed by atoms with E-state index in [2.05, 4.69) is 5.32 Å². The molecule has 2 unspecified atom stereocenters. The summed E-state index contributed by atoms with van der Waals surface area (Å²) in [7, 11) is -2.72. The van der Waals surface area contributed by atoms with Gasteiger partial charge in [0.1, 0.15) is 5.75 Å². The highest BCUT2D eigenvalue weighted by Gasteiger charge is 2.21. The van der Waals surface area contributed by atoms with Gasteiger partial charge in [0.25, 0.3) is 10.1 Å². The second-order valence-corrected chi connectivity index (χ2v) is 3.89. The van der Waals surface area contributed by atoms with Crippen LogP contribution in [0, 0.1) is 0 Å². The molecule has 4 N–H and O–H groups in total. The largest absolute Gasteiger partial charge is 0.395 e. The Balaban J connectivity index is 4.10. The van der Waals surface area contributed by atoms with Gasteiger partial charge in [0.05, 0.1) is 18.8 Å². The lowest BCUT2D eigenvalue weighted by Crippen LogP contribution is -2.44. The summed E-state index contributed by atoms with van der Waals surface area (Å²) >= 11 is 0. The van der Waals surface area contributed by atoms with Crippen LogP contribution in [0.25, 0.3) is 0 Å². The molecule has 0 rings (SSSR count). The molecular formula is C5H13NO5S. The molecule has 0 spiro atoms. The number of rotatable bonds is 5. The molecule has 0 amide bonds. The second kappa shape index (κ2) is 4.73. The summed E-state index contributed by atoms with van der Waals surface area (Å²) in [4.78, 5) is 0. The Morgan fingerprint density at radius 1 is 1.50 bits per heavy atom. The van der Waals surface area contributed by atoms with E-state index >= 15 is 0 Å². The first-order valence-corrected chi connectivity index (χ1v) is 4.93. The number of aliphatic hydroxyl groups excluding tert-OH is 2. The van der Waals surface area contributed by atoms with Gasteiger partial charge in [-0.3, -0.25) is 4.55 Å². The zero-order valence-corrected chi connectivity index (χ0v) is 7.45. The smallest absolute Gasteiger partial charge is 0.267 e. The molecule has 0 aliphatic heterocycles. The highest BCUT2D eigenvalue weighted by molar-refractivity contribution is 7.85. The van der Waals surface area contributed by atoms with Crippen molar-refractivity contribution in [3.05, 3.63) is 0 Å². The summed E-state index contributed by atoms with van der Waals surface area (Å²) in [5.41, 5.74) is 0. The van der Waals surface area contributed by atoms with Gasteiger partial charge in [-0.05, 0) is 7.05 Å². The van der Waals surface area contributed by atoms with Crippen LogP contribution in [0.3, 0.4) is 0 Å². The lowest BCUT2D eigenvalue weighted by atomic mass is 10.2. The lowest BCUT2D eigenvalue weighted by Gasteiger charge is -2.18. The molecular weight excluding hydrogens is 186 g/mol. The van der Waals surface area contributed by atoms with Crippen LogP contribution in [-0.2, 0) is 10.1 Å². The van der Waals surface area contributed by atoms with E-state index in [-0.39, 0.29) is 0 Å². The Morgan fingerprint density at radius 2 is 2.00 bits per heavy atom. The van der Waals surface area contributed by atoms with E-state index in [9.17, 15) is 8.42 Å². The summed E-state index contributed by atoms with van der Waals surface area (Å²) in [6.07, 6.45) is -1.31. The van der Waals surface area contributed by atoms with E-state index in [4.69, 9.17) is 14.8 Å². The molecule has 12 heavy (non-hydrogen) atoms. The molecule has 0 saturated heterocycles. The molecule has 0 heterocycles. The SMILES string of the molecule is CNC(CO)C(O)CS(=O)(=O)O. The molecule has 0 aromatic rings. The Morgan fingerprint density at radius 3 is 2.25 bits per heavy atom. The Labute approximate surface area is 71.0 Å².